The van der Waals surface area contributed by atoms with Crippen LogP contribution in [0.15, 0.2) is 16.5 Å². The first-order valence-electron chi connectivity index (χ1n) is 6.60. The van der Waals surface area contributed by atoms with Crippen molar-refractivity contribution in [2.24, 2.45) is 0 Å². The summed E-state index contributed by atoms with van der Waals surface area (Å²) in [4.78, 5) is 22.1. The molecule has 20 heavy (non-hydrogen) atoms. The van der Waals surface area contributed by atoms with Crippen LogP contribution in [0.2, 0.25) is 0 Å². The predicted octanol–water partition coefficient (Wildman–Crippen LogP) is 1.35. The molecule has 7 heteroatoms. The second kappa shape index (κ2) is 6.95. The van der Waals surface area contributed by atoms with E-state index < -0.39 is 5.97 Å². The Bertz CT molecular complexity index is 465. The van der Waals surface area contributed by atoms with E-state index >= 15 is 0 Å². The molecule has 0 aromatic carbocycles. The van der Waals surface area contributed by atoms with Gasteiger partial charge in [0.1, 0.15) is 5.76 Å². The molecule has 1 aromatic heterocycles. The normalized spacial score (nSPS) is 17.9. The zero-order chi connectivity index (χ0) is 14.4. The smallest absolute Gasteiger partial charge is 0.371 e. The Morgan fingerprint density at radius 1 is 1.35 bits per heavy atom. The van der Waals surface area contributed by atoms with Crippen LogP contribution < -0.4 is 10.6 Å². The second-order valence-corrected chi connectivity index (χ2v) is 4.60. The van der Waals surface area contributed by atoms with Crippen molar-refractivity contribution in [3.63, 3.8) is 0 Å². The minimum absolute atomic E-state index is 0.138. The van der Waals surface area contributed by atoms with E-state index in [1.54, 1.807) is 0 Å². The predicted molar refractivity (Wildman–Crippen MR) is 69.5 cm³/mol. The topological polar surface area (TPSA) is 101 Å². The molecule has 1 aliphatic heterocycles. The summed E-state index contributed by atoms with van der Waals surface area (Å²) in [6.45, 7) is 1.51. The molecule has 0 aliphatic carbocycles. The third-order valence-corrected chi connectivity index (χ3v) is 3.07. The van der Waals surface area contributed by atoms with Gasteiger partial charge in [-0.15, -0.1) is 0 Å². The number of amides is 2. The molecule has 110 valence electrons. The summed E-state index contributed by atoms with van der Waals surface area (Å²) in [5.74, 6) is -0.866. The van der Waals surface area contributed by atoms with Crippen LogP contribution in [0, 0.1) is 0 Å². The van der Waals surface area contributed by atoms with Crippen LogP contribution >= 0.6 is 0 Å². The summed E-state index contributed by atoms with van der Waals surface area (Å²) < 4.78 is 10.5. The average Bonchev–Trinajstić information content (AvgIpc) is 3.07. The highest BCUT2D eigenvalue weighted by atomic mass is 16.5. The Kier molecular flexibility index (Phi) is 5.00. The van der Waals surface area contributed by atoms with Crippen molar-refractivity contribution in [1.82, 2.24) is 10.6 Å². The van der Waals surface area contributed by atoms with Crippen LogP contribution in [0.25, 0.3) is 0 Å². The largest absolute Gasteiger partial charge is 0.475 e. The van der Waals surface area contributed by atoms with Gasteiger partial charge in [-0.2, -0.15) is 0 Å². The SMILES string of the molecule is O=C(NCCC1CCCO1)NCc1ccc(C(=O)O)o1. The Balaban J connectivity index is 1.62. The highest BCUT2D eigenvalue weighted by Gasteiger charge is 2.15. The fourth-order valence-electron chi connectivity index (χ4n) is 2.04. The highest BCUT2D eigenvalue weighted by Crippen LogP contribution is 2.14. The molecule has 0 radical (unpaired) electrons. The Morgan fingerprint density at radius 3 is 2.85 bits per heavy atom. The molecular weight excluding hydrogens is 264 g/mol. The minimum Gasteiger partial charge on any atom is -0.475 e. The van der Waals surface area contributed by atoms with Gasteiger partial charge in [-0.1, -0.05) is 0 Å². The average molecular weight is 282 g/mol. The maximum atomic E-state index is 11.5. The maximum Gasteiger partial charge on any atom is 0.371 e. The number of carbonyl (C=O) groups excluding carboxylic acids is 1. The van der Waals surface area contributed by atoms with E-state index in [4.69, 9.17) is 14.3 Å². The first-order chi connectivity index (χ1) is 9.65. The molecular formula is C13H18N2O5. The number of carbonyl (C=O) groups is 2. The number of aromatic carboxylic acids is 1. The second-order valence-electron chi connectivity index (χ2n) is 4.60. The fourth-order valence-corrected chi connectivity index (χ4v) is 2.04. The molecule has 1 unspecified atom stereocenters. The first kappa shape index (κ1) is 14.4. The number of carboxylic acid groups (broad SMARTS) is 1. The quantitative estimate of drug-likeness (QED) is 0.731. The molecule has 1 aromatic rings. The van der Waals surface area contributed by atoms with Crippen molar-refractivity contribution in [3.8, 4) is 0 Å². The number of hydrogen-bond donors (Lipinski definition) is 3. The van der Waals surface area contributed by atoms with Gasteiger partial charge in [0.05, 0.1) is 12.6 Å². The molecule has 1 aliphatic rings. The van der Waals surface area contributed by atoms with Crippen molar-refractivity contribution in [3.05, 3.63) is 23.7 Å². The van der Waals surface area contributed by atoms with Crippen molar-refractivity contribution in [2.45, 2.75) is 31.9 Å². The van der Waals surface area contributed by atoms with Crippen molar-refractivity contribution >= 4 is 12.0 Å². The molecule has 0 spiro atoms. The lowest BCUT2D eigenvalue weighted by molar-refractivity contribution is 0.0660. The molecule has 2 amide bonds. The summed E-state index contributed by atoms with van der Waals surface area (Å²) >= 11 is 0. The minimum atomic E-state index is -1.13. The number of rotatable bonds is 6. The number of furan rings is 1. The standard InChI is InChI=1S/C13H18N2O5/c16-12(17)11-4-3-10(20-11)8-15-13(18)14-6-5-9-2-1-7-19-9/h3-4,9H,1-2,5-8H2,(H,16,17)(H2,14,15,18). The van der Waals surface area contributed by atoms with Crippen LogP contribution in [-0.2, 0) is 11.3 Å². The van der Waals surface area contributed by atoms with E-state index in [9.17, 15) is 9.59 Å². The van der Waals surface area contributed by atoms with Gasteiger partial charge in [-0.05, 0) is 31.4 Å². The molecule has 1 fully saturated rings. The maximum absolute atomic E-state index is 11.5. The Labute approximate surface area is 116 Å². The van der Waals surface area contributed by atoms with Crippen LogP contribution in [0.3, 0.4) is 0 Å². The van der Waals surface area contributed by atoms with Crippen LogP contribution in [-0.4, -0.2) is 36.4 Å². The lowest BCUT2D eigenvalue weighted by Crippen LogP contribution is -2.36. The van der Waals surface area contributed by atoms with Gasteiger partial charge < -0.3 is 24.9 Å². The molecule has 1 atom stereocenters. The lowest BCUT2D eigenvalue weighted by atomic mass is 10.2. The zero-order valence-corrected chi connectivity index (χ0v) is 11.1. The summed E-state index contributed by atoms with van der Waals surface area (Å²) in [6, 6.07) is 2.57. The first-order valence-corrected chi connectivity index (χ1v) is 6.60. The van der Waals surface area contributed by atoms with Gasteiger partial charge in [0.15, 0.2) is 0 Å². The third kappa shape index (κ3) is 4.27. The van der Waals surface area contributed by atoms with Gasteiger partial charge in [-0.3, -0.25) is 0 Å². The number of urea groups is 1. The summed E-state index contributed by atoms with van der Waals surface area (Å²) in [5, 5.41) is 14.0. The summed E-state index contributed by atoms with van der Waals surface area (Å²) in [7, 11) is 0. The van der Waals surface area contributed by atoms with Gasteiger partial charge >= 0.3 is 12.0 Å². The van der Waals surface area contributed by atoms with Gasteiger partial charge in [0.2, 0.25) is 5.76 Å². The highest BCUT2D eigenvalue weighted by molar-refractivity contribution is 5.84. The fraction of sp³-hybridized carbons (Fsp3) is 0.538. The lowest BCUT2D eigenvalue weighted by Gasteiger charge is -2.10. The van der Waals surface area contributed by atoms with Gasteiger partial charge in [0, 0.05) is 13.2 Å². The molecule has 2 rings (SSSR count). The van der Waals surface area contributed by atoms with Crippen LogP contribution in [0.1, 0.15) is 35.6 Å². The molecule has 2 heterocycles. The summed E-state index contributed by atoms with van der Waals surface area (Å²) in [5.41, 5.74) is 0. The monoisotopic (exact) mass is 282 g/mol. The van der Waals surface area contributed by atoms with Crippen molar-refractivity contribution in [2.75, 3.05) is 13.2 Å². The van der Waals surface area contributed by atoms with Crippen molar-refractivity contribution in [1.29, 1.82) is 0 Å². The molecule has 3 N–H and O–H groups in total. The van der Waals surface area contributed by atoms with E-state index in [-0.39, 0.29) is 24.4 Å². The van der Waals surface area contributed by atoms with Crippen LogP contribution in [0.5, 0.6) is 0 Å². The number of ether oxygens (including phenoxy) is 1. The van der Waals surface area contributed by atoms with Crippen molar-refractivity contribution < 1.29 is 23.8 Å². The molecule has 7 nitrogen and oxygen atoms in total. The molecule has 1 saturated heterocycles. The Morgan fingerprint density at radius 2 is 2.20 bits per heavy atom. The van der Waals surface area contributed by atoms with E-state index in [0.717, 1.165) is 25.9 Å². The van der Waals surface area contributed by atoms with E-state index in [1.165, 1.54) is 12.1 Å². The van der Waals surface area contributed by atoms with Gasteiger partial charge in [-0.25, -0.2) is 9.59 Å². The van der Waals surface area contributed by atoms with E-state index in [0.29, 0.717) is 12.3 Å². The van der Waals surface area contributed by atoms with Gasteiger partial charge in [0.25, 0.3) is 0 Å². The Hall–Kier alpha value is -2.02. The summed E-state index contributed by atoms with van der Waals surface area (Å²) in [6.07, 6.45) is 3.19. The van der Waals surface area contributed by atoms with E-state index in [1.807, 2.05) is 0 Å². The number of nitrogens with one attached hydrogen (secondary N) is 2. The number of carboxylic acids is 1. The molecule has 0 saturated carbocycles. The zero-order valence-electron chi connectivity index (χ0n) is 11.1. The number of hydrogen-bond acceptors (Lipinski definition) is 4. The van der Waals surface area contributed by atoms with Crippen LogP contribution in [0.4, 0.5) is 4.79 Å². The van der Waals surface area contributed by atoms with E-state index in [2.05, 4.69) is 10.6 Å². The third-order valence-electron chi connectivity index (χ3n) is 3.07. The molecule has 0 bridgehead atoms.